The summed E-state index contributed by atoms with van der Waals surface area (Å²) < 4.78 is 12.9. The average Bonchev–Trinajstić information content (AvgIpc) is 2.41. The fourth-order valence-corrected chi connectivity index (χ4v) is 1.95. The van der Waals surface area contributed by atoms with Crippen LogP contribution in [-0.2, 0) is 0 Å². The number of nitro groups is 1. The largest absolute Gasteiger partial charge is 0.378 e. The highest BCUT2D eigenvalue weighted by Gasteiger charge is 2.11. The second-order valence-electron chi connectivity index (χ2n) is 4.67. The number of non-ortho nitro benzene ring substituents is 1. The molecule has 1 unspecified atom stereocenters. The van der Waals surface area contributed by atoms with Crippen LogP contribution in [0.5, 0.6) is 0 Å². The van der Waals surface area contributed by atoms with Gasteiger partial charge in [0.25, 0.3) is 5.69 Å². The highest BCUT2D eigenvalue weighted by Crippen LogP contribution is 2.26. The Balaban J connectivity index is 2.22. The second kappa shape index (κ2) is 5.69. The molecule has 0 fully saturated rings. The lowest BCUT2D eigenvalue weighted by Gasteiger charge is -2.17. The average molecular weight is 274 g/mol. The molecule has 2 aromatic rings. The maximum absolute atomic E-state index is 12.9. The van der Waals surface area contributed by atoms with Crippen molar-refractivity contribution in [3.05, 3.63) is 69.5 Å². The Morgan fingerprint density at radius 1 is 1.20 bits per heavy atom. The minimum atomic E-state index is -0.423. The van der Waals surface area contributed by atoms with E-state index < -0.39 is 4.92 Å². The minimum Gasteiger partial charge on any atom is -0.378 e. The number of anilines is 1. The van der Waals surface area contributed by atoms with Crippen LogP contribution in [0, 0.1) is 22.9 Å². The van der Waals surface area contributed by atoms with Crippen molar-refractivity contribution in [3.8, 4) is 0 Å². The number of nitro benzene ring substituents is 1. The van der Waals surface area contributed by atoms with Crippen LogP contribution in [0.1, 0.15) is 24.1 Å². The van der Waals surface area contributed by atoms with E-state index in [9.17, 15) is 14.5 Å². The number of rotatable bonds is 4. The molecule has 0 aliphatic heterocycles. The second-order valence-corrected chi connectivity index (χ2v) is 4.67. The Hall–Kier alpha value is -2.43. The van der Waals surface area contributed by atoms with E-state index in [1.807, 2.05) is 13.8 Å². The molecule has 0 amide bonds. The van der Waals surface area contributed by atoms with Gasteiger partial charge in [0.1, 0.15) is 5.82 Å². The highest BCUT2D eigenvalue weighted by molar-refractivity contribution is 5.57. The molecule has 0 saturated heterocycles. The summed E-state index contributed by atoms with van der Waals surface area (Å²) in [4.78, 5) is 10.4. The van der Waals surface area contributed by atoms with Crippen LogP contribution in [-0.4, -0.2) is 4.92 Å². The molecule has 0 saturated carbocycles. The van der Waals surface area contributed by atoms with Gasteiger partial charge in [-0.25, -0.2) is 4.39 Å². The number of nitrogens with one attached hydrogen (secondary N) is 1. The first-order chi connectivity index (χ1) is 9.47. The molecule has 0 bridgehead atoms. The first-order valence-corrected chi connectivity index (χ1v) is 6.24. The Morgan fingerprint density at radius 2 is 1.85 bits per heavy atom. The monoisotopic (exact) mass is 274 g/mol. The summed E-state index contributed by atoms with van der Waals surface area (Å²) in [6.07, 6.45) is 0. The Bertz CT molecular complexity index is 626. The third-order valence-corrected chi connectivity index (χ3v) is 3.17. The molecule has 20 heavy (non-hydrogen) atoms. The van der Waals surface area contributed by atoms with Gasteiger partial charge in [0.05, 0.1) is 4.92 Å². The van der Waals surface area contributed by atoms with Crippen molar-refractivity contribution in [3.63, 3.8) is 0 Å². The zero-order chi connectivity index (χ0) is 14.7. The van der Waals surface area contributed by atoms with Crippen LogP contribution < -0.4 is 5.32 Å². The van der Waals surface area contributed by atoms with E-state index in [-0.39, 0.29) is 17.5 Å². The van der Waals surface area contributed by atoms with Gasteiger partial charge in [0.15, 0.2) is 0 Å². The summed E-state index contributed by atoms with van der Waals surface area (Å²) in [7, 11) is 0. The van der Waals surface area contributed by atoms with Gasteiger partial charge >= 0.3 is 0 Å². The van der Waals surface area contributed by atoms with Gasteiger partial charge in [-0.15, -0.1) is 0 Å². The smallest absolute Gasteiger partial charge is 0.271 e. The molecule has 0 spiro atoms. The van der Waals surface area contributed by atoms with E-state index in [1.54, 1.807) is 18.2 Å². The van der Waals surface area contributed by atoms with Crippen LogP contribution in [0.4, 0.5) is 15.8 Å². The van der Waals surface area contributed by atoms with Crippen molar-refractivity contribution in [2.75, 3.05) is 5.32 Å². The van der Waals surface area contributed by atoms with Gasteiger partial charge in [-0.3, -0.25) is 10.1 Å². The number of nitrogens with zero attached hydrogens (tertiary/aromatic N) is 1. The van der Waals surface area contributed by atoms with Gasteiger partial charge in [0.2, 0.25) is 0 Å². The maximum atomic E-state index is 12.9. The molecule has 1 atom stereocenters. The van der Waals surface area contributed by atoms with Gasteiger partial charge < -0.3 is 5.32 Å². The summed E-state index contributed by atoms with van der Waals surface area (Å²) in [5.74, 6) is -0.285. The van der Waals surface area contributed by atoms with Crippen LogP contribution in [0.2, 0.25) is 0 Å². The molecule has 4 nitrogen and oxygen atoms in total. The van der Waals surface area contributed by atoms with Crippen molar-refractivity contribution in [1.29, 1.82) is 0 Å². The molecular formula is C15H15FN2O2. The lowest BCUT2D eigenvalue weighted by atomic mass is 10.1. The SMILES string of the molecule is Cc1ccc([N+](=O)[O-])cc1NC(C)c1ccc(F)cc1. The van der Waals surface area contributed by atoms with Crippen molar-refractivity contribution in [2.24, 2.45) is 0 Å². The fourth-order valence-electron chi connectivity index (χ4n) is 1.95. The Labute approximate surface area is 116 Å². The lowest BCUT2D eigenvalue weighted by Crippen LogP contribution is -2.08. The van der Waals surface area contributed by atoms with E-state index in [0.29, 0.717) is 5.69 Å². The molecule has 2 rings (SSSR count). The third-order valence-electron chi connectivity index (χ3n) is 3.17. The lowest BCUT2D eigenvalue weighted by molar-refractivity contribution is -0.384. The van der Waals surface area contributed by atoms with E-state index in [1.165, 1.54) is 24.3 Å². The number of aryl methyl sites for hydroxylation is 1. The minimum absolute atomic E-state index is 0.0457. The zero-order valence-corrected chi connectivity index (χ0v) is 11.3. The predicted octanol–water partition coefficient (Wildman–Crippen LogP) is 4.22. The molecule has 0 radical (unpaired) electrons. The van der Waals surface area contributed by atoms with Crippen molar-refractivity contribution < 1.29 is 9.31 Å². The predicted molar refractivity (Wildman–Crippen MR) is 76.3 cm³/mol. The Kier molecular flexibility index (Phi) is 3.98. The molecule has 104 valence electrons. The number of hydrogen-bond acceptors (Lipinski definition) is 3. The van der Waals surface area contributed by atoms with Gasteiger partial charge in [-0.1, -0.05) is 18.2 Å². The molecule has 0 aliphatic rings. The van der Waals surface area contributed by atoms with Gasteiger partial charge in [0, 0.05) is 23.9 Å². The third kappa shape index (κ3) is 3.12. The van der Waals surface area contributed by atoms with E-state index in [4.69, 9.17) is 0 Å². The van der Waals surface area contributed by atoms with Crippen molar-refractivity contribution in [2.45, 2.75) is 19.9 Å². The molecular weight excluding hydrogens is 259 g/mol. The molecule has 0 heterocycles. The number of halogens is 1. The highest BCUT2D eigenvalue weighted by atomic mass is 19.1. The summed E-state index contributed by atoms with van der Waals surface area (Å²) in [5.41, 5.74) is 2.59. The first kappa shape index (κ1) is 14.0. The van der Waals surface area contributed by atoms with Gasteiger partial charge in [-0.05, 0) is 37.1 Å². The molecule has 2 aromatic carbocycles. The first-order valence-electron chi connectivity index (χ1n) is 6.24. The van der Waals surface area contributed by atoms with Crippen LogP contribution in [0.15, 0.2) is 42.5 Å². The normalized spacial score (nSPS) is 11.9. The van der Waals surface area contributed by atoms with Crippen molar-refractivity contribution >= 4 is 11.4 Å². The summed E-state index contributed by atoms with van der Waals surface area (Å²) in [5, 5.41) is 14.0. The number of hydrogen-bond donors (Lipinski definition) is 1. The molecule has 1 N–H and O–H groups in total. The molecule has 0 aliphatic carbocycles. The fraction of sp³-hybridized carbons (Fsp3) is 0.200. The summed E-state index contributed by atoms with van der Waals surface area (Å²) >= 11 is 0. The Morgan fingerprint density at radius 3 is 2.45 bits per heavy atom. The van der Waals surface area contributed by atoms with Crippen LogP contribution in [0.3, 0.4) is 0 Å². The molecule has 0 aromatic heterocycles. The summed E-state index contributed by atoms with van der Waals surface area (Å²) in [6.45, 7) is 3.80. The summed E-state index contributed by atoms with van der Waals surface area (Å²) in [6, 6.07) is 10.8. The van der Waals surface area contributed by atoms with E-state index in [0.717, 1.165) is 11.1 Å². The topological polar surface area (TPSA) is 55.2 Å². The van der Waals surface area contributed by atoms with E-state index in [2.05, 4.69) is 5.32 Å². The zero-order valence-electron chi connectivity index (χ0n) is 11.3. The van der Waals surface area contributed by atoms with Crippen LogP contribution >= 0.6 is 0 Å². The standard InChI is InChI=1S/C15H15FN2O2/c1-10-3-8-14(18(19)20)9-15(10)17-11(2)12-4-6-13(16)7-5-12/h3-9,11,17H,1-2H3. The van der Waals surface area contributed by atoms with Gasteiger partial charge in [-0.2, -0.15) is 0 Å². The number of benzene rings is 2. The molecule has 5 heteroatoms. The van der Waals surface area contributed by atoms with Crippen molar-refractivity contribution in [1.82, 2.24) is 0 Å². The van der Waals surface area contributed by atoms with E-state index >= 15 is 0 Å². The maximum Gasteiger partial charge on any atom is 0.271 e. The quantitative estimate of drug-likeness (QED) is 0.671. The van der Waals surface area contributed by atoms with Crippen LogP contribution in [0.25, 0.3) is 0 Å².